The number of aromatic nitrogens is 1. The van der Waals surface area contributed by atoms with Crippen LogP contribution in [0.3, 0.4) is 0 Å². The van der Waals surface area contributed by atoms with Gasteiger partial charge in [-0.05, 0) is 42.5 Å². The van der Waals surface area contributed by atoms with E-state index >= 15 is 0 Å². The lowest BCUT2D eigenvalue weighted by Crippen LogP contribution is -2.28. The lowest BCUT2D eigenvalue weighted by atomic mass is 10.2. The van der Waals surface area contributed by atoms with Crippen LogP contribution in [0.15, 0.2) is 58.9 Å². The number of hydrogen-bond acceptors (Lipinski definition) is 6. The minimum Gasteiger partial charge on any atom is -0.279 e. The van der Waals surface area contributed by atoms with Crippen LogP contribution >= 0.6 is 11.3 Å². The lowest BCUT2D eigenvalue weighted by molar-refractivity contribution is 0.0642. The smallest absolute Gasteiger partial charge is 0.279 e. The number of pyridine rings is 1. The number of fused-ring (bicyclic) bond motifs is 1. The average molecular weight is 417 g/mol. The number of nitrogens with one attached hydrogen (secondary N) is 1. The number of rotatable bonds is 5. The maximum atomic E-state index is 13.3. The van der Waals surface area contributed by atoms with E-state index in [4.69, 9.17) is 0 Å². The molecule has 0 atom stereocenters. The van der Waals surface area contributed by atoms with Gasteiger partial charge < -0.3 is 0 Å². The maximum absolute atomic E-state index is 13.3. The summed E-state index contributed by atoms with van der Waals surface area (Å²) in [7, 11) is -3.92. The van der Waals surface area contributed by atoms with Crippen LogP contribution in [0, 0.1) is 5.82 Å². The summed E-state index contributed by atoms with van der Waals surface area (Å²) < 4.78 is 40.5. The highest BCUT2D eigenvalue weighted by Gasteiger charge is 2.36. The Kier molecular flexibility index (Phi) is 4.44. The van der Waals surface area contributed by atoms with Crippen LogP contribution in [0.2, 0.25) is 0 Å². The summed E-state index contributed by atoms with van der Waals surface area (Å²) >= 11 is 0.922. The Labute approximate surface area is 163 Å². The molecule has 1 N–H and O–H groups in total. The molecule has 1 aliphatic heterocycles. The number of carbonyl (C=O) groups is 2. The van der Waals surface area contributed by atoms with Gasteiger partial charge >= 0.3 is 0 Å². The van der Waals surface area contributed by atoms with E-state index in [1.54, 1.807) is 6.07 Å². The summed E-state index contributed by atoms with van der Waals surface area (Å²) in [5.41, 5.74) is 0.413. The van der Waals surface area contributed by atoms with E-state index in [0.717, 1.165) is 22.3 Å². The van der Waals surface area contributed by atoms with Crippen LogP contribution in [0.5, 0.6) is 0 Å². The number of sulfonamides is 1. The maximum Gasteiger partial charge on any atom is 0.280 e. The summed E-state index contributed by atoms with van der Waals surface area (Å²) in [6.07, 6.45) is 1.43. The number of halogens is 1. The van der Waals surface area contributed by atoms with Crippen molar-refractivity contribution in [3.05, 3.63) is 76.7 Å². The number of imide groups is 1. The van der Waals surface area contributed by atoms with E-state index in [1.807, 2.05) is 0 Å². The molecule has 3 heterocycles. The standard InChI is InChI=1S/C18H12FN3O4S2/c19-11-3-1-4-12(9-11)21-28(25,26)15-7-6-13(27-15)10-22-17(23)14-5-2-8-20-16(14)18(22)24/h1-9,21H,10H2. The van der Waals surface area contributed by atoms with E-state index in [1.165, 1.54) is 42.6 Å². The van der Waals surface area contributed by atoms with E-state index in [0.29, 0.717) is 4.88 Å². The van der Waals surface area contributed by atoms with Crippen LogP contribution in [0.1, 0.15) is 25.7 Å². The second-order valence-corrected chi connectivity index (χ2v) is 9.01. The third-order valence-corrected chi connectivity index (χ3v) is 6.97. The number of nitrogens with zero attached hydrogens (tertiary/aromatic N) is 2. The minimum atomic E-state index is -3.92. The van der Waals surface area contributed by atoms with Gasteiger partial charge in [0, 0.05) is 11.1 Å². The summed E-state index contributed by atoms with van der Waals surface area (Å²) in [4.78, 5) is 30.2. The zero-order chi connectivity index (χ0) is 19.9. The second kappa shape index (κ2) is 6.80. The highest BCUT2D eigenvalue weighted by Crippen LogP contribution is 2.28. The molecule has 1 aliphatic rings. The fourth-order valence-electron chi connectivity index (χ4n) is 2.76. The van der Waals surface area contributed by atoms with Crippen LogP contribution in [0.25, 0.3) is 0 Å². The van der Waals surface area contributed by atoms with Gasteiger partial charge in [0.05, 0.1) is 17.8 Å². The fraction of sp³-hybridized carbons (Fsp3) is 0.0556. The van der Waals surface area contributed by atoms with Crippen LogP contribution in [-0.2, 0) is 16.6 Å². The van der Waals surface area contributed by atoms with Gasteiger partial charge in [-0.2, -0.15) is 0 Å². The number of anilines is 1. The molecule has 0 saturated carbocycles. The lowest BCUT2D eigenvalue weighted by Gasteiger charge is -2.11. The van der Waals surface area contributed by atoms with Crippen molar-refractivity contribution in [1.29, 1.82) is 0 Å². The first-order chi connectivity index (χ1) is 13.3. The van der Waals surface area contributed by atoms with Gasteiger partial charge in [0.2, 0.25) is 0 Å². The predicted octanol–water partition coefficient (Wildman–Crippen LogP) is 2.88. The van der Waals surface area contributed by atoms with E-state index < -0.39 is 27.7 Å². The van der Waals surface area contributed by atoms with Crippen LogP contribution in [-0.4, -0.2) is 30.1 Å². The Hall–Kier alpha value is -3.11. The predicted molar refractivity (Wildman–Crippen MR) is 100.0 cm³/mol. The van der Waals surface area contributed by atoms with Crippen molar-refractivity contribution < 1.29 is 22.4 Å². The van der Waals surface area contributed by atoms with Crippen LogP contribution in [0.4, 0.5) is 10.1 Å². The summed E-state index contributed by atoms with van der Waals surface area (Å²) in [5, 5.41) is 0. The van der Waals surface area contributed by atoms with Gasteiger partial charge in [0.1, 0.15) is 15.7 Å². The molecule has 0 aliphatic carbocycles. The molecule has 10 heteroatoms. The molecule has 0 unspecified atom stereocenters. The number of carbonyl (C=O) groups excluding carboxylic acids is 2. The van der Waals surface area contributed by atoms with E-state index in [9.17, 15) is 22.4 Å². The Bertz CT molecular complexity index is 1170. The molecule has 0 spiro atoms. The van der Waals surface area contributed by atoms with E-state index in [2.05, 4.69) is 9.71 Å². The van der Waals surface area contributed by atoms with Gasteiger partial charge in [-0.3, -0.25) is 24.2 Å². The third-order valence-electron chi connectivity index (χ3n) is 4.02. The molecule has 28 heavy (non-hydrogen) atoms. The van der Waals surface area contributed by atoms with Gasteiger partial charge in [0.25, 0.3) is 21.8 Å². The second-order valence-electron chi connectivity index (χ2n) is 5.93. The van der Waals surface area contributed by atoms with Gasteiger partial charge in [-0.25, -0.2) is 12.8 Å². The van der Waals surface area contributed by atoms with Gasteiger partial charge in [-0.1, -0.05) is 6.07 Å². The number of amides is 2. The number of hydrogen-bond donors (Lipinski definition) is 1. The van der Waals surface area contributed by atoms with Crippen molar-refractivity contribution in [2.24, 2.45) is 0 Å². The Balaban J connectivity index is 1.54. The van der Waals surface area contributed by atoms with Crippen molar-refractivity contribution in [2.75, 3.05) is 4.72 Å². The first-order valence-electron chi connectivity index (χ1n) is 8.03. The van der Waals surface area contributed by atoms with Crippen molar-refractivity contribution in [1.82, 2.24) is 9.88 Å². The quantitative estimate of drug-likeness (QED) is 0.644. The normalized spacial score (nSPS) is 13.7. The molecule has 0 bridgehead atoms. The molecule has 0 saturated heterocycles. The highest BCUT2D eigenvalue weighted by atomic mass is 32.2. The molecule has 7 nitrogen and oxygen atoms in total. The third kappa shape index (κ3) is 3.27. The Morgan fingerprint density at radius 1 is 1.07 bits per heavy atom. The molecule has 142 valence electrons. The first kappa shape index (κ1) is 18.3. The summed E-state index contributed by atoms with van der Waals surface area (Å²) in [6.45, 7) is -0.0613. The summed E-state index contributed by atoms with van der Waals surface area (Å²) in [6, 6.07) is 11.1. The van der Waals surface area contributed by atoms with E-state index in [-0.39, 0.29) is 27.7 Å². The molecule has 2 aromatic heterocycles. The van der Waals surface area contributed by atoms with Crippen molar-refractivity contribution in [2.45, 2.75) is 10.8 Å². The topological polar surface area (TPSA) is 96.4 Å². The molecule has 1 aromatic carbocycles. The monoisotopic (exact) mass is 417 g/mol. The Morgan fingerprint density at radius 2 is 1.89 bits per heavy atom. The molecule has 2 amide bonds. The highest BCUT2D eigenvalue weighted by molar-refractivity contribution is 7.94. The van der Waals surface area contributed by atoms with Crippen molar-refractivity contribution in [3.63, 3.8) is 0 Å². The molecule has 4 rings (SSSR count). The van der Waals surface area contributed by atoms with Crippen molar-refractivity contribution in [3.8, 4) is 0 Å². The molecular formula is C18H12FN3O4S2. The molecule has 3 aromatic rings. The SMILES string of the molecule is O=C1c2cccnc2C(=O)N1Cc1ccc(S(=O)(=O)Nc2cccc(F)c2)s1. The van der Waals surface area contributed by atoms with Crippen molar-refractivity contribution >= 4 is 38.9 Å². The Morgan fingerprint density at radius 3 is 2.64 bits per heavy atom. The fourth-order valence-corrected chi connectivity index (χ4v) is 5.15. The van der Waals surface area contributed by atoms with Gasteiger partial charge in [-0.15, -0.1) is 11.3 Å². The van der Waals surface area contributed by atoms with Crippen LogP contribution < -0.4 is 4.72 Å². The molecule has 0 radical (unpaired) electrons. The average Bonchev–Trinajstić information content (AvgIpc) is 3.22. The summed E-state index contributed by atoms with van der Waals surface area (Å²) in [5.74, 6) is -1.55. The first-order valence-corrected chi connectivity index (χ1v) is 10.3. The zero-order valence-electron chi connectivity index (χ0n) is 14.1. The van der Waals surface area contributed by atoms with Gasteiger partial charge in [0.15, 0.2) is 0 Å². The largest absolute Gasteiger partial charge is 0.280 e. The number of thiophene rings is 1. The molecule has 0 fully saturated rings. The number of benzene rings is 1. The molecular weight excluding hydrogens is 405 g/mol. The zero-order valence-corrected chi connectivity index (χ0v) is 15.8. The minimum absolute atomic E-state index is 0.0125.